The molecule has 12 heavy (non-hydrogen) atoms. The summed E-state index contributed by atoms with van der Waals surface area (Å²) in [6, 6.07) is 6.94. The zero-order valence-electron chi connectivity index (χ0n) is 6.95. The summed E-state index contributed by atoms with van der Waals surface area (Å²) < 4.78 is 0. The summed E-state index contributed by atoms with van der Waals surface area (Å²) in [5.41, 5.74) is 12.1. The highest BCUT2D eigenvalue weighted by molar-refractivity contribution is 5.94. The number of amides is 1. The number of carbonyl (C=O) groups excluding carboxylic acids is 1. The fraction of sp³-hybridized carbons (Fsp3) is 0.222. The van der Waals surface area contributed by atoms with E-state index in [0.717, 1.165) is 5.56 Å². The minimum absolute atomic E-state index is 0.159. The highest BCUT2D eigenvalue weighted by Gasteiger charge is 2.09. The lowest BCUT2D eigenvalue weighted by atomic mass is 10.0. The number of nitrogens with two attached hydrogens (primary N) is 2. The predicted octanol–water partition coefficient (Wildman–Crippen LogP) is 0.805. The molecule has 0 saturated carbocycles. The van der Waals surface area contributed by atoms with Crippen LogP contribution in [0.4, 0.5) is 0 Å². The molecule has 64 valence electrons. The molecular weight excluding hydrogens is 152 g/mol. The predicted molar refractivity (Wildman–Crippen MR) is 47.6 cm³/mol. The second kappa shape index (κ2) is 3.36. The fourth-order valence-corrected chi connectivity index (χ4v) is 1.12. The van der Waals surface area contributed by atoms with E-state index in [9.17, 15) is 4.79 Å². The minimum Gasteiger partial charge on any atom is -0.366 e. The Kier molecular flexibility index (Phi) is 2.45. The van der Waals surface area contributed by atoms with Crippen molar-refractivity contribution < 1.29 is 4.79 Å². The molecule has 0 heterocycles. The van der Waals surface area contributed by atoms with Crippen LogP contribution in [0, 0.1) is 0 Å². The number of rotatable bonds is 2. The standard InChI is InChI=1S/C9H12N2O/c1-6(10)7-4-2-3-5-8(7)9(11)12/h2-6H,10H2,1H3,(H2,11,12). The molecule has 0 saturated heterocycles. The summed E-state index contributed by atoms with van der Waals surface area (Å²) in [6.07, 6.45) is 0. The lowest BCUT2D eigenvalue weighted by molar-refractivity contribution is 0.0999. The van der Waals surface area contributed by atoms with Gasteiger partial charge in [-0.05, 0) is 18.6 Å². The molecule has 1 unspecified atom stereocenters. The van der Waals surface area contributed by atoms with Gasteiger partial charge in [-0.3, -0.25) is 4.79 Å². The second-order valence-electron chi connectivity index (χ2n) is 2.74. The van der Waals surface area contributed by atoms with Crippen molar-refractivity contribution in [2.24, 2.45) is 11.5 Å². The maximum Gasteiger partial charge on any atom is 0.249 e. The SMILES string of the molecule is CC(N)c1ccccc1C(N)=O. The molecule has 0 fully saturated rings. The molecule has 3 nitrogen and oxygen atoms in total. The molecule has 1 rings (SSSR count). The molecule has 0 aromatic heterocycles. The van der Waals surface area contributed by atoms with Crippen molar-refractivity contribution in [2.45, 2.75) is 13.0 Å². The third-order valence-corrected chi connectivity index (χ3v) is 1.72. The number of primary amides is 1. The monoisotopic (exact) mass is 164 g/mol. The first-order valence-electron chi connectivity index (χ1n) is 3.77. The topological polar surface area (TPSA) is 69.1 Å². The van der Waals surface area contributed by atoms with Crippen LogP contribution in [0.5, 0.6) is 0 Å². The maximum absolute atomic E-state index is 10.9. The van der Waals surface area contributed by atoms with Crippen LogP contribution in [0.25, 0.3) is 0 Å². The van der Waals surface area contributed by atoms with Crippen molar-refractivity contribution in [2.75, 3.05) is 0 Å². The molecule has 0 aliphatic carbocycles. The number of hydrogen-bond acceptors (Lipinski definition) is 2. The Morgan fingerprint density at radius 3 is 2.42 bits per heavy atom. The van der Waals surface area contributed by atoms with Crippen molar-refractivity contribution in [3.05, 3.63) is 35.4 Å². The van der Waals surface area contributed by atoms with Crippen LogP contribution in [0.2, 0.25) is 0 Å². The van der Waals surface area contributed by atoms with Gasteiger partial charge in [-0.1, -0.05) is 18.2 Å². The van der Waals surface area contributed by atoms with Crippen LogP contribution in [-0.4, -0.2) is 5.91 Å². The van der Waals surface area contributed by atoms with Crippen molar-refractivity contribution in [1.82, 2.24) is 0 Å². The lowest BCUT2D eigenvalue weighted by Crippen LogP contribution is -2.17. The fourth-order valence-electron chi connectivity index (χ4n) is 1.12. The minimum atomic E-state index is -0.428. The van der Waals surface area contributed by atoms with Crippen LogP contribution >= 0.6 is 0 Å². The second-order valence-corrected chi connectivity index (χ2v) is 2.74. The van der Waals surface area contributed by atoms with Crippen LogP contribution in [-0.2, 0) is 0 Å². The van der Waals surface area contributed by atoms with Gasteiger partial charge >= 0.3 is 0 Å². The van der Waals surface area contributed by atoms with E-state index in [-0.39, 0.29) is 6.04 Å². The Morgan fingerprint density at radius 2 is 2.00 bits per heavy atom. The molecule has 1 atom stereocenters. The first-order valence-corrected chi connectivity index (χ1v) is 3.77. The van der Waals surface area contributed by atoms with Crippen LogP contribution < -0.4 is 11.5 Å². The van der Waals surface area contributed by atoms with Gasteiger partial charge in [0.2, 0.25) is 5.91 Å². The maximum atomic E-state index is 10.9. The van der Waals surface area contributed by atoms with Gasteiger partial charge in [0.25, 0.3) is 0 Å². The van der Waals surface area contributed by atoms with E-state index < -0.39 is 5.91 Å². The summed E-state index contributed by atoms with van der Waals surface area (Å²) in [6.45, 7) is 1.82. The third-order valence-electron chi connectivity index (χ3n) is 1.72. The third kappa shape index (κ3) is 1.62. The van der Waals surface area contributed by atoms with E-state index in [4.69, 9.17) is 11.5 Å². The van der Waals surface area contributed by atoms with E-state index in [1.165, 1.54) is 0 Å². The van der Waals surface area contributed by atoms with E-state index in [2.05, 4.69) is 0 Å². The molecule has 0 spiro atoms. The van der Waals surface area contributed by atoms with Crippen LogP contribution in [0.15, 0.2) is 24.3 Å². The van der Waals surface area contributed by atoms with Crippen LogP contribution in [0.1, 0.15) is 28.9 Å². The van der Waals surface area contributed by atoms with Gasteiger partial charge in [0, 0.05) is 11.6 Å². The van der Waals surface area contributed by atoms with E-state index in [1.807, 2.05) is 19.1 Å². The first-order chi connectivity index (χ1) is 5.63. The summed E-state index contributed by atoms with van der Waals surface area (Å²) >= 11 is 0. The van der Waals surface area contributed by atoms with Crippen molar-refractivity contribution in [3.8, 4) is 0 Å². The Morgan fingerprint density at radius 1 is 1.42 bits per heavy atom. The average Bonchev–Trinajstić information content (AvgIpc) is 2.04. The molecule has 0 aliphatic heterocycles. The Bertz CT molecular complexity index is 294. The van der Waals surface area contributed by atoms with E-state index >= 15 is 0 Å². The number of benzene rings is 1. The van der Waals surface area contributed by atoms with Gasteiger partial charge in [0.15, 0.2) is 0 Å². The highest BCUT2D eigenvalue weighted by Crippen LogP contribution is 2.14. The van der Waals surface area contributed by atoms with E-state index in [1.54, 1.807) is 12.1 Å². The summed E-state index contributed by atoms with van der Waals surface area (Å²) in [5, 5.41) is 0. The van der Waals surface area contributed by atoms with Gasteiger partial charge in [0.1, 0.15) is 0 Å². The Labute approximate surface area is 71.4 Å². The molecular formula is C9H12N2O. The van der Waals surface area contributed by atoms with Crippen molar-refractivity contribution >= 4 is 5.91 Å². The molecule has 1 aromatic carbocycles. The van der Waals surface area contributed by atoms with E-state index in [0.29, 0.717) is 5.56 Å². The summed E-state index contributed by atoms with van der Waals surface area (Å²) in [4.78, 5) is 10.9. The van der Waals surface area contributed by atoms with Gasteiger partial charge in [0.05, 0.1) is 0 Å². The van der Waals surface area contributed by atoms with Crippen LogP contribution in [0.3, 0.4) is 0 Å². The van der Waals surface area contributed by atoms with Gasteiger partial charge in [-0.15, -0.1) is 0 Å². The van der Waals surface area contributed by atoms with Gasteiger partial charge in [-0.2, -0.15) is 0 Å². The van der Waals surface area contributed by atoms with Crippen molar-refractivity contribution in [3.63, 3.8) is 0 Å². The quantitative estimate of drug-likeness (QED) is 0.679. The largest absolute Gasteiger partial charge is 0.366 e. The van der Waals surface area contributed by atoms with Gasteiger partial charge in [-0.25, -0.2) is 0 Å². The molecule has 0 radical (unpaired) electrons. The number of carbonyl (C=O) groups is 1. The summed E-state index contributed by atoms with van der Waals surface area (Å²) in [5.74, 6) is -0.428. The Balaban J connectivity index is 3.17. The normalized spacial score (nSPS) is 12.5. The molecule has 0 aliphatic rings. The molecule has 1 amide bonds. The molecule has 3 heteroatoms. The Hall–Kier alpha value is -1.35. The molecule has 4 N–H and O–H groups in total. The average molecular weight is 164 g/mol. The lowest BCUT2D eigenvalue weighted by Gasteiger charge is -2.08. The first kappa shape index (κ1) is 8.74. The van der Waals surface area contributed by atoms with Gasteiger partial charge < -0.3 is 11.5 Å². The van der Waals surface area contributed by atoms with Crippen molar-refractivity contribution in [1.29, 1.82) is 0 Å². The number of hydrogen-bond donors (Lipinski definition) is 2. The summed E-state index contributed by atoms with van der Waals surface area (Å²) in [7, 11) is 0. The zero-order valence-corrected chi connectivity index (χ0v) is 6.95. The highest BCUT2D eigenvalue weighted by atomic mass is 16.1. The zero-order chi connectivity index (χ0) is 9.14. The molecule has 1 aromatic rings. The molecule has 0 bridgehead atoms. The smallest absolute Gasteiger partial charge is 0.249 e.